The highest BCUT2D eigenvalue weighted by molar-refractivity contribution is 6.05. The topological polar surface area (TPSA) is 75.3 Å². The van der Waals surface area contributed by atoms with Crippen LogP contribution in [0.5, 0.6) is 5.75 Å². The summed E-state index contributed by atoms with van der Waals surface area (Å²) in [7, 11) is 0. The van der Waals surface area contributed by atoms with E-state index in [1.54, 1.807) is 23.2 Å². The van der Waals surface area contributed by atoms with Gasteiger partial charge in [0.25, 0.3) is 11.5 Å². The number of benzene rings is 2. The second kappa shape index (κ2) is 9.06. The summed E-state index contributed by atoms with van der Waals surface area (Å²) in [5, 5.41) is 0.847. The number of amides is 1. The summed E-state index contributed by atoms with van der Waals surface area (Å²) in [6.45, 7) is 6.64. The van der Waals surface area contributed by atoms with E-state index in [-0.39, 0.29) is 18.0 Å². The average molecular weight is 428 g/mol. The first-order valence-electron chi connectivity index (χ1n) is 10.5. The van der Waals surface area contributed by atoms with E-state index in [4.69, 9.17) is 4.74 Å². The highest BCUT2D eigenvalue weighted by Gasteiger charge is 2.20. The summed E-state index contributed by atoms with van der Waals surface area (Å²) in [4.78, 5) is 34.9. The lowest BCUT2D eigenvalue weighted by Gasteiger charge is -2.24. The molecule has 0 aliphatic carbocycles. The number of rotatable bonds is 6. The minimum absolute atomic E-state index is 0.125. The molecule has 0 bridgehead atoms. The lowest BCUT2D eigenvalue weighted by Crippen LogP contribution is -2.33. The minimum Gasteiger partial charge on any atom is -0.494 e. The van der Waals surface area contributed by atoms with Gasteiger partial charge >= 0.3 is 0 Å². The van der Waals surface area contributed by atoms with Gasteiger partial charge in [-0.15, -0.1) is 0 Å². The van der Waals surface area contributed by atoms with Crippen molar-refractivity contribution >= 4 is 22.5 Å². The lowest BCUT2D eigenvalue weighted by molar-refractivity contribution is 0.0984. The standard InChI is InChI=1S/C26H25N3O3/c1-4-32-23-9-10-24-20(14-23)13-21(25(30)28-24)16-29(22-8-7-17(2)18(3)12-22)26(31)19-6-5-11-27-15-19/h5-15H,4,16H2,1-3H3,(H,28,30). The first-order valence-corrected chi connectivity index (χ1v) is 10.5. The van der Waals surface area contributed by atoms with Gasteiger partial charge in [0.2, 0.25) is 0 Å². The zero-order valence-electron chi connectivity index (χ0n) is 18.4. The number of H-pyrrole nitrogens is 1. The Balaban J connectivity index is 1.78. The normalized spacial score (nSPS) is 10.8. The van der Waals surface area contributed by atoms with E-state index in [0.717, 1.165) is 33.5 Å². The van der Waals surface area contributed by atoms with Crippen molar-refractivity contribution in [2.75, 3.05) is 11.5 Å². The number of anilines is 1. The smallest absolute Gasteiger partial charge is 0.260 e. The van der Waals surface area contributed by atoms with Crippen LogP contribution in [0, 0.1) is 13.8 Å². The summed E-state index contributed by atoms with van der Waals surface area (Å²) >= 11 is 0. The number of aryl methyl sites for hydroxylation is 2. The predicted octanol–water partition coefficient (Wildman–Crippen LogP) is 4.79. The van der Waals surface area contributed by atoms with Gasteiger partial charge in [-0.1, -0.05) is 6.07 Å². The monoisotopic (exact) mass is 427 g/mol. The molecule has 2 aromatic carbocycles. The fourth-order valence-electron chi connectivity index (χ4n) is 3.59. The number of carbonyl (C=O) groups is 1. The van der Waals surface area contributed by atoms with Crippen LogP contribution in [0.2, 0.25) is 0 Å². The van der Waals surface area contributed by atoms with E-state index >= 15 is 0 Å². The fourth-order valence-corrected chi connectivity index (χ4v) is 3.59. The van der Waals surface area contributed by atoms with Gasteiger partial charge in [-0.05, 0) is 80.4 Å². The maximum absolute atomic E-state index is 13.4. The number of pyridine rings is 2. The second-order valence-corrected chi connectivity index (χ2v) is 7.71. The number of ether oxygens (including phenoxy) is 1. The van der Waals surface area contributed by atoms with Crippen molar-refractivity contribution in [1.82, 2.24) is 9.97 Å². The first kappa shape index (κ1) is 21.3. The molecule has 1 amide bonds. The van der Waals surface area contributed by atoms with Gasteiger partial charge < -0.3 is 14.6 Å². The molecule has 0 atom stereocenters. The molecule has 4 rings (SSSR count). The highest BCUT2D eigenvalue weighted by Crippen LogP contribution is 2.24. The molecule has 0 radical (unpaired) electrons. The van der Waals surface area contributed by atoms with Gasteiger partial charge in [0.05, 0.1) is 18.7 Å². The third-order valence-electron chi connectivity index (χ3n) is 5.49. The predicted molar refractivity (Wildman–Crippen MR) is 126 cm³/mol. The molecule has 162 valence electrons. The van der Waals surface area contributed by atoms with Crippen LogP contribution in [-0.4, -0.2) is 22.5 Å². The molecule has 1 N–H and O–H groups in total. The van der Waals surface area contributed by atoms with Gasteiger partial charge in [-0.25, -0.2) is 0 Å². The second-order valence-electron chi connectivity index (χ2n) is 7.71. The summed E-state index contributed by atoms with van der Waals surface area (Å²) in [5.41, 5.74) is 4.37. The number of hydrogen-bond donors (Lipinski definition) is 1. The van der Waals surface area contributed by atoms with Crippen molar-refractivity contribution < 1.29 is 9.53 Å². The zero-order valence-corrected chi connectivity index (χ0v) is 18.4. The van der Waals surface area contributed by atoms with Gasteiger partial charge in [-0.2, -0.15) is 0 Å². The highest BCUT2D eigenvalue weighted by atomic mass is 16.5. The zero-order chi connectivity index (χ0) is 22.7. The van der Waals surface area contributed by atoms with Gasteiger partial charge in [0, 0.05) is 34.5 Å². The van der Waals surface area contributed by atoms with Crippen LogP contribution in [0.15, 0.2) is 71.8 Å². The molecule has 2 aromatic heterocycles. The van der Waals surface area contributed by atoms with Crippen molar-refractivity contribution in [2.45, 2.75) is 27.3 Å². The number of nitrogens with zero attached hydrogens (tertiary/aromatic N) is 2. The van der Waals surface area contributed by atoms with Crippen molar-refractivity contribution in [2.24, 2.45) is 0 Å². The van der Waals surface area contributed by atoms with Gasteiger partial charge in [0.15, 0.2) is 0 Å². The Hall–Kier alpha value is -3.93. The number of aromatic amines is 1. The summed E-state index contributed by atoms with van der Waals surface area (Å²) in [6, 6.07) is 16.7. The molecular formula is C26H25N3O3. The summed E-state index contributed by atoms with van der Waals surface area (Å²) in [5.74, 6) is 0.513. The summed E-state index contributed by atoms with van der Waals surface area (Å²) in [6.07, 6.45) is 3.16. The van der Waals surface area contributed by atoms with Crippen LogP contribution in [0.4, 0.5) is 5.69 Å². The molecule has 4 aromatic rings. The van der Waals surface area contributed by atoms with E-state index < -0.39 is 0 Å². The third kappa shape index (κ3) is 4.39. The van der Waals surface area contributed by atoms with Crippen LogP contribution >= 0.6 is 0 Å². The number of carbonyl (C=O) groups excluding carboxylic acids is 1. The Morgan fingerprint density at radius 1 is 1.06 bits per heavy atom. The Morgan fingerprint density at radius 2 is 1.91 bits per heavy atom. The van der Waals surface area contributed by atoms with Crippen LogP contribution < -0.4 is 15.2 Å². The van der Waals surface area contributed by atoms with E-state index in [1.165, 1.54) is 6.20 Å². The number of fused-ring (bicyclic) bond motifs is 1. The maximum Gasteiger partial charge on any atom is 0.260 e. The van der Waals surface area contributed by atoms with E-state index in [0.29, 0.717) is 17.7 Å². The molecule has 0 fully saturated rings. The van der Waals surface area contributed by atoms with Crippen LogP contribution in [0.1, 0.15) is 34.0 Å². The Kier molecular flexibility index (Phi) is 6.03. The Morgan fingerprint density at radius 3 is 2.62 bits per heavy atom. The Bertz CT molecular complexity index is 1330. The Labute approximate surface area is 186 Å². The maximum atomic E-state index is 13.4. The van der Waals surface area contributed by atoms with Crippen molar-refractivity contribution in [3.8, 4) is 5.75 Å². The van der Waals surface area contributed by atoms with E-state index in [1.807, 2.05) is 63.2 Å². The van der Waals surface area contributed by atoms with Crippen molar-refractivity contribution in [3.05, 3.63) is 99.6 Å². The molecule has 6 heteroatoms. The average Bonchev–Trinajstić information content (AvgIpc) is 2.80. The molecule has 0 aliphatic rings. The van der Waals surface area contributed by atoms with E-state index in [9.17, 15) is 9.59 Å². The SMILES string of the molecule is CCOc1ccc2[nH]c(=O)c(CN(C(=O)c3cccnc3)c3ccc(C)c(C)c3)cc2c1. The molecule has 0 saturated heterocycles. The first-order chi connectivity index (χ1) is 15.5. The lowest BCUT2D eigenvalue weighted by atomic mass is 10.1. The van der Waals surface area contributed by atoms with Gasteiger partial charge in [-0.3, -0.25) is 14.6 Å². The van der Waals surface area contributed by atoms with Crippen LogP contribution in [0.3, 0.4) is 0 Å². The van der Waals surface area contributed by atoms with Crippen LogP contribution in [-0.2, 0) is 6.54 Å². The molecule has 32 heavy (non-hydrogen) atoms. The molecule has 0 spiro atoms. The molecule has 2 heterocycles. The summed E-state index contributed by atoms with van der Waals surface area (Å²) < 4.78 is 5.59. The largest absolute Gasteiger partial charge is 0.494 e. The molecule has 0 unspecified atom stereocenters. The molecule has 0 aliphatic heterocycles. The third-order valence-corrected chi connectivity index (χ3v) is 5.49. The molecule has 0 saturated carbocycles. The van der Waals surface area contributed by atoms with Gasteiger partial charge in [0.1, 0.15) is 5.75 Å². The number of aromatic nitrogens is 2. The fraction of sp³-hybridized carbons (Fsp3) is 0.192. The van der Waals surface area contributed by atoms with Crippen molar-refractivity contribution in [1.29, 1.82) is 0 Å². The van der Waals surface area contributed by atoms with Crippen molar-refractivity contribution in [3.63, 3.8) is 0 Å². The minimum atomic E-state index is -0.227. The quantitative estimate of drug-likeness (QED) is 0.480. The van der Waals surface area contributed by atoms with Crippen LogP contribution in [0.25, 0.3) is 10.9 Å². The molecule has 6 nitrogen and oxygen atoms in total. The number of nitrogens with one attached hydrogen (secondary N) is 1. The number of hydrogen-bond acceptors (Lipinski definition) is 4. The molecular weight excluding hydrogens is 402 g/mol. The van der Waals surface area contributed by atoms with E-state index in [2.05, 4.69) is 9.97 Å².